The van der Waals surface area contributed by atoms with Crippen molar-refractivity contribution in [3.8, 4) is 0 Å². The van der Waals surface area contributed by atoms with E-state index in [1.165, 1.54) is 6.07 Å². The van der Waals surface area contributed by atoms with Crippen LogP contribution in [0.5, 0.6) is 0 Å². The summed E-state index contributed by atoms with van der Waals surface area (Å²) in [7, 11) is 1.77. The van der Waals surface area contributed by atoms with Crippen LogP contribution in [0.1, 0.15) is 16.8 Å². The number of amides is 1. The molecular weight excluding hydrogens is 318 g/mol. The Labute approximate surface area is 145 Å². The first kappa shape index (κ1) is 16.7. The number of aromatic nitrogens is 1. The number of nitrogens with zero attached hydrogens (tertiary/aromatic N) is 2. The van der Waals surface area contributed by atoms with Crippen molar-refractivity contribution in [2.24, 2.45) is 0 Å². The first-order valence-corrected chi connectivity index (χ1v) is 8.07. The van der Waals surface area contributed by atoms with Crippen molar-refractivity contribution < 1.29 is 9.21 Å². The largest absolute Gasteiger partial charge is 0.423 e. The van der Waals surface area contributed by atoms with Gasteiger partial charge in [-0.3, -0.25) is 9.78 Å². The highest BCUT2D eigenvalue weighted by Crippen LogP contribution is 2.20. The summed E-state index contributed by atoms with van der Waals surface area (Å²) in [6, 6.07) is 12.2. The summed E-state index contributed by atoms with van der Waals surface area (Å²) < 4.78 is 5.17. The van der Waals surface area contributed by atoms with E-state index < -0.39 is 0 Å². The molecule has 25 heavy (non-hydrogen) atoms. The highest BCUT2D eigenvalue weighted by molar-refractivity contribution is 5.93. The molecule has 0 aliphatic heterocycles. The minimum atomic E-state index is -0.383. The van der Waals surface area contributed by atoms with Gasteiger partial charge >= 0.3 is 5.63 Å². The molecule has 0 unspecified atom stereocenters. The lowest BCUT2D eigenvalue weighted by molar-refractivity contribution is 0.0794. The van der Waals surface area contributed by atoms with Gasteiger partial charge in [0.15, 0.2) is 0 Å². The third kappa shape index (κ3) is 4.03. The van der Waals surface area contributed by atoms with Crippen molar-refractivity contribution in [1.82, 2.24) is 9.88 Å². The van der Waals surface area contributed by atoms with Crippen molar-refractivity contribution in [3.63, 3.8) is 0 Å². The maximum atomic E-state index is 12.3. The number of carbonyl (C=O) groups excluding carboxylic acids is 1. The van der Waals surface area contributed by atoms with E-state index in [0.717, 1.165) is 17.5 Å². The molecule has 0 spiro atoms. The van der Waals surface area contributed by atoms with E-state index in [2.05, 4.69) is 10.3 Å². The molecular formula is C19H19N3O3. The van der Waals surface area contributed by atoms with Gasteiger partial charge in [0, 0.05) is 49.5 Å². The molecule has 0 bridgehead atoms. The Morgan fingerprint density at radius 2 is 1.96 bits per heavy atom. The van der Waals surface area contributed by atoms with Crippen LogP contribution < -0.4 is 10.9 Å². The van der Waals surface area contributed by atoms with Gasteiger partial charge in [0.05, 0.1) is 5.69 Å². The van der Waals surface area contributed by atoms with Crippen LogP contribution in [0.2, 0.25) is 0 Å². The quantitative estimate of drug-likeness (QED) is 0.553. The Bertz CT molecular complexity index is 922. The van der Waals surface area contributed by atoms with E-state index in [1.807, 2.05) is 18.2 Å². The van der Waals surface area contributed by atoms with Gasteiger partial charge in [0.2, 0.25) is 0 Å². The molecule has 128 valence electrons. The predicted octanol–water partition coefficient (Wildman–Crippen LogP) is 2.76. The fourth-order valence-electron chi connectivity index (χ4n) is 2.61. The van der Waals surface area contributed by atoms with Crippen LogP contribution in [0, 0.1) is 0 Å². The van der Waals surface area contributed by atoms with Crippen molar-refractivity contribution >= 4 is 22.6 Å². The van der Waals surface area contributed by atoms with Crippen molar-refractivity contribution in [2.75, 3.05) is 25.5 Å². The van der Waals surface area contributed by atoms with E-state index >= 15 is 0 Å². The average Bonchev–Trinajstić information content (AvgIpc) is 2.64. The van der Waals surface area contributed by atoms with Gasteiger partial charge < -0.3 is 14.6 Å². The Morgan fingerprint density at radius 3 is 2.76 bits per heavy atom. The summed E-state index contributed by atoms with van der Waals surface area (Å²) in [6.07, 6.45) is 3.96. The molecule has 3 aromatic rings. The van der Waals surface area contributed by atoms with E-state index in [-0.39, 0.29) is 11.5 Å². The molecule has 1 aromatic carbocycles. The molecule has 6 heteroatoms. The highest BCUT2D eigenvalue weighted by Gasteiger charge is 2.10. The normalized spacial score (nSPS) is 10.6. The Kier molecular flexibility index (Phi) is 5.09. The van der Waals surface area contributed by atoms with Gasteiger partial charge in [-0.05, 0) is 30.7 Å². The van der Waals surface area contributed by atoms with Crippen LogP contribution in [0.15, 0.2) is 64.1 Å². The van der Waals surface area contributed by atoms with Crippen molar-refractivity contribution in [2.45, 2.75) is 6.42 Å². The van der Waals surface area contributed by atoms with Crippen LogP contribution in [0.25, 0.3) is 11.0 Å². The molecule has 0 radical (unpaired) electrons. The van der Waals surface area contributed by atoms with Gasteiger partial charge in [0.25, 0.3) is 5.91 Å². The number of hydrogen-bond acceptors (Lipinski definition) is 5. The number of rotatable bonds is 6. The molecule has 0 atom stereocenters. The minimum absolute atomic E-state index is 0.0341. The third-order valence-electron chi connectivity index (χ3n) is 3.91. The molecule has 0 saturated carbocycles. The molecule has 1 N–H and O–H groups in total. The SMILES string of the molecule is CN(CCCNc1cc(=O)oc2ccccc12)C(=O)c1ccncc1. The number of para-hydroxylation sites is 1. The smallest absolute Gasteiger partial charge is 0.338 e. The zero-order valence-electron chi connectivity index (χ0n) is 13.9. The number of anilines is 1. The topological polar surface area (TPSA) is 75.4 Å². The lowest BCUT2D eigenvalue weighted by atomic mass is 10.2. The van der Waals surface area contributed by atoms with Gasteiger partial charge in [-0.25, -0.2) is 4.79 Å². The van der Waals surface area contributed by atoms with Crippen molar-refractivity contribution in [3.05, 3.63) is 70.8 Å². The lowest BCUT2D eigenvalue weighted by Gasteiger charge is -2.17. The maximum Gasteiger partial charge on any atom is 0.338 e. The fourth-order valence-corrected chi connectivity index (χ4v) is 2.61. The van der Waals surface area contributed by atoms with E-state index in [9.17, 15) is 9.59 Å². The number of pyridine rings is 1. The zero-order valence-corrected chi connectivity index (χ0v) is 13.9. The third-order valence-corrected chi connectivity index (χ3v) is 3.91. The van der Waals surface area contributed by atoms with Crippen LogP contribution in [0.3, 0.4) is 0 Å². The zero-order chi connectivity index (χ0) is 17.6. The molecule has 2 aromatic heterocycles. The van der Waals surface area contributed by atoms with Gasteiger partial charge in [0.1, 0.15) is 5.58 Å². The lowest BCUT2D eigenvalue weighted by Crippen LogP contribution is -2.28. The molecule has 0 fully saturated rings. The van der Waals surface area contributed by atoms with E-state index in [1.54, 1.807) is 42.5 Å². The second kappa shape index (κ2) is 7.61. The second-order valence-corrected chi connectivity index (χ2v) is 5.72. The second-order valence-electron chi connectivity index (χ2n) is 5.72. The van der Waals surface area contributed by atoms with Gasteiger partial charge in [-0.15, -0.1) is 0 Å². The maximum absolute atomic E-state index is 12.3. The summed E-state index contributed by atoms with van der Waals surface area (Å²) in [5.74, 6) is -0.0341. The van der Waals surface area contributed by atoms with Gasteiger partial charge in [-0.1, -0.05) is 12.1 Å². The average molecular weight is 337 g/mol. The fraction of sp³-hybridized carbons (Fsp3) is 0.211. The molecule has 3 rings (SSSR count). The highest BCUT2D eigenvalue weighted by atomic mass is 16.4. The van der Waals surface area contributed by atoms with E-state index in [0.29, 0.717) is 24.2 Å². The Balaban J connectivity index is 1.57. The molecule has 2 heterocycles. The summed E-state index contributed by atoms with van der Waals surface area (Å²) >= 11 is 0. The number of benzene rings is 1. The minimum Gasteiger partial charge on any atom is -0.423 e. The number of fused-ring (bicyclic) bond motifs is 1. The summed E-state index contributed by atoms with van der Waals surface area (Å²) in [6.45, 7) is 1.24. The number of hydrogen-bond donors (Lipinski definition) is 1. The number of nitrogens with one attached hydrogen (secondary N) is 1. The summed E-state index contributed by atoms with van der Waals surface area (Å²) in [4.78, 5) is 29.5. The molecule has 6 nitrogen and oxygen atoms in total. The molecule has 0 aliphatic carbocycles. The predicted molar refractivity (Wildman–Crippen MR) is 96.8 cm³/mol. The monoisotopic (exact) mass is 337 g/mol. The Hall–Kier alpha value is -3.15. The number of carbonyl (C=O) groups is 1. The van der Waals surface area contributed by atoms with Crippen molar-refractivity contribution in [1.29, 1.82) is 0 Å². The first-order chi connectivity index (χ1) is 12.1. The van der Waals surface area contributed by atoms with Crippen LogP contribution in [-0.4, -0.2) is 35.9 Å². The molecule has 0 aliphatic rings. The Morgan fingerprint density at radius 1 is 1.20 bits per heavy atom. The summed E-state index contributed by atoms with van der Waals surface area (Å²) in [5.41, 5.74) is 1.54. The van der Waals surface area contributed by atoms with Crippen LogP contribution in [-0.2, 0) is 0 Å². The first-order valence-electron chi connectivity index (χ1n) is 8.07. The molecule has 0 saturated heterocycles. The molecule has 1 amide bonds. The standard InChI is InChI=1S/C19H19N3O3/c1-22(19(24)14-7-10-20-11-8-14)12-4-9-21-16-13-18(23)25-17-6-3-2-5-15(16)17/h2-3,5-8,10-11,13,21H,4,9,12H2,1H3. The van der Waals surface area contributed by atoms with Crippen LogP contribution >= 0.6 is 0 Å². The van der Waals surface area contributed by atoms with E-state index in [4.69, 9.17) is 4.42 Å². The van der Waals surface area contributed by atoms with Crippen LogP contribution in [0.4, 0.5) is 5.69 Å². The summed E-state index contributed by atoms with van der Waals surface area (Å²) in [5, 5.41) is 4.12. The van der Waals surface area contributed by atoms with Gasteiger partial charge in [-0.2, -0.15) is 0 Å².